The Bertz CT molecular complexity index is 391. The van der Waals surface area contributed by atoms with Crippen LogP contribution >= 0.6 is 0 Å². The number of ether oxygens (including phenoxy) is 3. The lowest BCUT2D eigenvalue weighted by molar-refractivity contribution is -0.113. The summed E-state index contributed by atoms with van der Waals surface area (Å²) in [5, 5.41) is 0. The maximum atomic E-state index is 11.7. The summed E-state index contributed by atoms with van der Waals surface area (Å²) in [7, 11) is 3.10. The van der Waals surface area contributed by atoms with Gasteiger partial charge in [-0.05, 0) is 5.56 Å². The molecule has 0 saturated carbocycles. The molecule has 0 N–H and O–H groups in total. The first-order valence-corrected chi connectivity index (χ1v) is 5.80. The van der Waals surface area contributed by atoms with E-state index < -0.39 is 6.29 Å². The van der Waals surface area contributed by atoms with Crippen LogP contribution in [0.3, 0.4) is 0 Å². The Morgan fingerprint density at radius 2 is 2.00 bits per heavy atom. The van der Waals surface area contributed by atoms with Gasteiger partial charge in [-0.15, -0.1) is 0 Å². The fourth-order valence-corrected chi connectivity index (χ4v) is 2.01. The Kier molecular flexibility index (Phi) is 4.17. The SMILES string of the molecule is COC(CN1C(=O)OCC1c1ccccc1)OC. The number of carbonyl (C=O) groups is 1. The highest BCUT2D eigenvalue weighted by molar-refractivity contribution is 5.70. The first kappa shape index (κ1) is 12.9. The van der Waals surface area contributed by atoms with Crippen LogP contribution < -0.4 is 0 Å². The molecule has 18 heavy (non-hydrogen) atoms. The minimum Gasteiger partial charge on any atom is -0.447 e. The van der Waals surface area contributed by atoms with E-state index in [0.29, 0.717) is 13.2 Å². The maximum Gasteiger partial charge on any atom is 0.410 e. The number of cyclic esters (lactones) is 1. The third kappa shape index (κ3) is 2.63. The highest BCUT2D eigenvalue weighted by Gasteiger charge is 2.35. The van der Waals surface area contributed by atoms with Gasteiger partial charge in [0, 0.05) is 14.2 Å². The Labute approximate surface area is 106 Å². The lowest BCUT2D eigenvalue weighted by Gasteiger charge is -2.25. The molecule has 2 rings (SSSR count). The van der Waals surface area contributed by atoms with Crippen LogP contribution in [-0.4, -0.2) is 44.7 Å². The first-order chi connectivity index (χ1) is 8.76. The summed E-state index contributed by atoms with van der Waals surface area (Å²) >= 11 is 0. The van der Waals surface area contributed by atoms with E-state index in [0.717, 1.165) is 5.56 Å². The quantitative estimate of drug-likeness (QED) is 0.749. The van der Waals surface area contributed by atoms with Crippen molar-refractivity contribution >= 4 is 6.09 Å². The summed E-state index contributed by atoms with van der Waals surface area (Å²) in [5.74, 6) is 0. The highest BCUT2D eigenvalue weighted by atomic mass is 16.7. The summed E-state index contributed by atoms with van der Waals surface area (Å²) < 4.78 is 15.3. The first-order valence-electron chi connectivity index (χ1n) is 5.80. The van der Waals surface area contributed by atoms with Crippen molar-refractivity contribution in [1.29, 1.82) is 0 Å². The Morgan fingerprint density at radius 1 is 1.33 bits per heavy atom. The predicted molar refractivity (Wildman–Crippen MR) is 65.0 cm³/mol. The van der Waals surface area contributed by atoms with Crippen LogP contribution in [-0.2, 0) is 14.2 Å². The molecule has 0 aliphatic carbocycles. The van der Waals surface area contributed by atoms with Crippen molar-refractivity contribution < 1.29 is 19.0 Å². The molecule has 1 aromatic rings. The molecule has 1 aliphatic heterocycles. The standard InChI is InChI=1S/C13H17NO4/c1-16-12(17-2)8-14-11(9-18-13(14)15)10-6-4-3-5-7-10/h3-7,11-12H,8-9H2,1-2H3. The van der Waals surface area contributed by atoms with Gasteiger partial charge in [-0.1, -0.05) is 30.3 Å². The summed E-state index contributed by atoms with van der Waals surface area (Å²) in [6.07, 6.45) is -0.773. The number of benzene rings is 1. The molecule has 1 heterocycles. The van der Waals surface area contributed by atoms with Crippen molar-refractivity contribution in [2.45, 2.75) is 12.3 Å². The zero-order chi connectivity index (χ0) is 13.0. The van der Waals surface area contributed by atoms with Crippen LogP contribution in [0.5, 0.6) is 0 Å². The molecule has 5 heteroatoms. The lowest BCUT2D eigenvalue weighted by Crippen LogP contribution is -2.36. The van der Waals surface area contributed by atoms with Gasteiger partial charge in [-0.2, -0.15) is 0 Å². The van der Waals surface area contributed by atoms with Gasteiger partial charge in [-0.25, -0.2) is 4.79 Å². The van der Waals surface area contributed by atoms with E-state index in [1.54, 1.807) is 19.1 Å². The van der Waals surface area contributed by atoms with Gasteiger partial charge in [0.05, 0.1) is 12.6 Å². The third-order valence-electron chi connectivity index (χ3n) is 3.03. The van der Waals surface area contributed by atoms with Crippen molar-refractivity contribution in [3.05, 3.63) is 35.9 Å². The van der Waals surface area contributed by atoms with Crippen LogP contribution in [0.4, 0.5) is 4.79 Å². The summed E-state index contributed by atoms with van der Waals surface area (Å²) in [6, 6.07) is 9.72. The van der Waals surface area contributed by atoms with Crippen LogP contribution in [0.2, 0.25) is 0 Å². The van der Waals surface area contributed by atoms with Crippen molar-refractivity contribution in [3.8, 4) is 0 Å². The molecule has 1 saturated heterocycles. The van der Waals surface area contributed by atoms with E-state index in [2.05, 4.69) is 0 Å². The number of amides is 1. The van der Waals surface area contributed by atoms with Crippen LogP contribution in [0.15, 0.2) is 30.3 Å². The smallest absolute Gasteiger partial charge is 0.410 e. The molecule has 0 radical (unpaired) electrons. The van der Waals surface area contributed by atoms with Gasteiger partial charge in [0.25, 0.3) is 0 Å². The molecular formula is C13H17NO4. The van der Waals surface area contributed by atoms with E-state index >= 15 is 0 Å². The number of methoxy groups -OCH3 is 2. The van der Waals surface area contributed by atoms with E-state index in [-0.39, 0.29) is 12.1 Å². The molecule has 1 fully saturated rings. The zero-order valence-corrected chi connectivity index (χ0v) is 10.5. The molecule has 1 aromatic carbocycles. The van der Waals surface area contributed by atoms with E-state index in [9.17, 15) is 4.79 Å². The van der Waals surface area contributed by atoms with E-state index in [1.807, 2.05) is 30.3 Å². The molecule has 1 atom stereocenters. The summed E-state index contributed by atoms with van der Waals surface area (Å²) in [6.45, 7) is 0.717. The van der Waals surface area contributed by atoms with Gasteiger partial charge < -0.3 is 14.2 Å². The Morgan fingerprint density at radius 3 is 2.61 bits per heavy atom. The maximum absolute atomic E-state index is 11.7. The van der Waals surface area contributed by atoms with Crippen molar-refractivity contribution in [1.82, 2.24) is 4.90 Å². The molecule has 0 bridgehead atoms. The summed E-state index contributed by atoms with van der Waals surface area (Å²) in [5.41, 5.74) is 1.05. The largest absolute Gasteiger partial charge is 0.447 e. The predicted octanol–water partition coefficient (Wildman–Crippen LogP) is 1.80. The number of carbonyl (C=O) groups excluding carboxylic acids is 1. The lowest BCUT2D eigenvalue weighted by atomic mass is 10.1. The minimum atomic E-state index is -0.443. The van der Waals surface area contributed by atoms with Crippen molar-refractivity contribution in [2.24, 2.45) is 0 Å². The minimum absolute atomic E-state index is 0.0773. The topological polar surface area (TPSA) is 48.0 Å². The van der Waals surface area contributed by atoms with Crippen molar-refractivity contribution in [3.63, 3.8) is 0 Å². The molecule has 5 nitrogen and oxygen atoms in total. The molecule has 1 unspecified atom stereocenters. The fourth-order valence-electron chi connectivity index (χ4n) is 2.01. The number of hydrogen-bond donors (Lipinski definition) is 0. The number of rotatable bonds is 5. The van der Waals surface area contributed by atoms with Crippen LogP contribution in [0.1, 0.15) is 11.6 Å². The second-order valence-corrected chi connectivity index (χ2v) is 4.06. The average Bonchev–Trinajstić information content (AvgIpc) is 2.78. The van der Waals surface area contributed by atoms with Gasteiger partial charge in [0.15, 0.2) is 6.29 Å². The van der Waals surface area contributed by atoms with Gasteiger partial charge >= 0.3 is 6.09 Å². The molecule has 1 amide bonds. The molecule has 0 aromatic heterocycles. The highest BCUT2D eigenvalue weighted by Crippen LogP contribution is 2.27. The Balaban J connectivity index is 2.13. The van der Waals surface area contributed by atoms with Gasteiger partial charge in [0.2, 0.25) is 0 Å². The summed E-state index contributed by atoms with van der Waals surface area (Å²) in [4.78, 5) is 13.3. The van der Waals surface area contributed by atoms with Gasteiger partial charge in [0.1, 0.15) is 6.61 Å². The van der Waals surface area contributed by atoms with Crippen LogP contribution in [0, 0.1) is 0 Å². The zero-order valence-electron chi connectivity index (χ0n) is 10.5. The van der Waals surface area contributed by atoms with Crippen molar-refractivity contribution in [2.75, 3.05) is 27.4 Å². The molecule has 1 aliphatic rings. The second kappa shape index (κ2) is 5.84. The van der Waals surface area contributed by atoms with E-state index in [1.165, 1.54) is 0 Å². The normalized spacial score (nSPS) is 19.4. The third-order valence-corrected chi connectivity index (χ3v) is 3.03. The van der Waals surface area contributed by atoms with Crippen LogP contribution in [0.25, 0.3) is 0 Å². The average molecular weight is 251 g/mol. The second-order valence-electron chi connectivity index (χ2n) is 4.06. The fraction of sp³-hybridized carbons (Fsp3) is 0.462. The van der Waals surface area contributed by atoms with E-state index in [4.69, 9.17) is 14.2 Å². The molecule has 98 valence electrons. The monoisotopic (exact) mass is 251 g/mol. The van der Waals surface area contributed by atoms with Gasteiger partial charge in [-0.3, -0.25) is 4.90 Å². The molecule has 0 spiro atoms. The Hall–Kier alpha value is -1.59. The molecular weight excluding hydrogens is 234 g/mol. The number of nitrogens with zero attached hydrogens (tertiary/aromatic N) is 1. The number of hydrogen-bond acceptors (Lipinski definition) is 4.